The van der Waals surface area contributed by atoms with Crippen molar-refractivity contribution in [3.63, 3.8) is 0 Å². The Morgan fingerprint density at radius 1 is 0.900 bits per heavy atom. The van der Waals surface area contributed by atoms with Gasteiger partial charge in [0.2, 0.25) is 0 Å². The van der Waals surface area contributed by atoms with Gasteiger partial charge >= 0.3 is 11.9 Å². The molecule has 0 saturated heterocycles. The van der Waals surface area contributed by atoms with Crippen LogP contribution in [-0.2, 0) is 32.1 Å². The minimum Gasteiger partial charge on any atom is -0.508 e. The molecule has 1 unspecified atom stereocenters. The number of rotatable bonds is 11. The van der Waals surface area contributed by atoms with Crippen molar-refractivity contribution < 1.29 is 24.2 Å². The summed E-state index contributed by atoms with van der Waals surface area (Å²) in [5.74, 6) is -0.437. The normalized spacial score (nSPS) is 12.9. The van der Waals surface area contributed by atoms with Crippen molar-refractivity contribution in [2.24, 2.45) is 5.92 Å². The van der Waals surface area contributed by atoms with Gasteiger partial charge < -0.3 is 14.6 Å². The maximum Gasteiger partial charge on any atom is 0.323 e. The Morgan fingerprint density at radius 2 is 1.53 bits per heavy atom. The molecule has 0 spiro atoms. The third-order valence-corrected chi connectivity index (χ3v) is 4.57. The van der Waals surface area contributed by atoms with Crippen LogP contribution in [0.25, 0.3) is 0 Å². The highest BCUT2D eigenvalue weighted by Crippen LogP contribution is 2.15. The van der Waals surface area contributed by atoms with Crippen molar-refractivity contribution in [2.45, 2.75) is 52.3 Å². The van der Waals surface area contributed by atoms with Crippen LogP contribution >= 0.6 is 0 Å². The summed E-state index contributed by atoms with van der Waals surface area (Å²) in [6, 6.07) is 14.7. The predicted molar refractivity (Wildman–Crippen MR) is 115 cm³/mol. The third kappa shape index (κ3) is 7.87. The topological polar surface area (TPSA) is 84.9 Å². The summed E-state index contributed by atoms with van der Waals surface area (Å²) in [7, 11) is 0. The summed E-state index contributed by atoms with van der Waals surface area (Å²) in [4.78, 5) is 25.3. The lowest BCUT2D eigenvalue weighted by Crippen LogP contribution is -2.50. The van der Waals surface area contributed by atoms with E-state index in [1.807, 2.05) is 44.2 Å². The fourth-order valence-electron chi connectivity index (χ4n) is 3.10. The largest absolute Gasteiger partial charge is 0.508 e. The molecule has 0 aliphatic rings. The minimum absolute atomic E-state index is 0.154. The summed E-state index contributed by atoms with van der Waals surface area (Å²) in [6.45, 7) is 6.20. The van der Waals surface area contributed by atoms with Crippen LogP contribution in [0, 0.1) is 5.92 Å². The van der Waals surface area contributed by atoms with Crippen molar-refractivity contribution in [1.82, 2.24) is 5.32 Å². The first-order chi connectivity index (χ1) is 14.4. The zero-order valence-corrected chi connectivity index (χ0v) is 17.8. The summed E-state index contributed by atoms with van der Waals surface area (Å²) >= 11 is 0. The van der Waals surface area contributed by atoms with E-state index in [-0.39, 0.29) is 24.9 Å². The molecule has 0 bridgehead atoms. The lowest BCUT2D eigenvalue weighted by atomic mass is 10.0. The number of phenolic OH excluding ortho intramolecular Hbond substituents is 1. The Bertz CT molecular complexity index is 789. The van der Waals surface area contributed by atoms with Gasteiger partial charge in [-0.3, -0.25) is 14.9 Å². The van der Waals surface area contributed by atoms with Gasteiger partial charge in [0, 0.05) is 0 Å². The molecule has 2 N–H and O–H groups in total. The highest BCUT2D eigenvalue weighted by molar-refractivity contribution is 5.80. The molecule has 2 aromatic rings. The predicted octanol–water partition coefficient (Wildman–Crippen LogP) is 3.61. The Kier molecular flexibility index (Phi) is 9.35. The lowest BCUT2D eigenvalue weighted by Gasteiger charge is -2.25. The number of nitrogens with one attached hydrogen (secondary N) is 1. The summed E-state index contributed by atoms with van der Waals surface area (Å²) in [5.41, 5.74) is 1.75. The van der Waals surface area contributed by atoms with Crippen LogP contribution in [0.4, 0.5) is 0 Å². The fraction of sp³-hybridized carbons (Fsp3) is 0.417. The van der Waals surface area contributed by atoms with Crippen molar-refractivity contribution in [1.29, 1.82) is 0 Å². The van der Waals surface area contributed by atoms with Gasteiger partial charge in [-0.2, -0.15) is 0 Å². The number of hydrogen-bond donors (Lipinski definition) is 2. The second-order valence-electron chi connectivity index (χ2n) is 7.62. The molecular weight excluding hydrogens is 382 g/mol. The van der Waals surface area contributed by atoms with E-state index in [0.29, 0.717) is 12.8 Å². The molecule has 0 radical (unpaired) electrons. The van der Waals surface area contributed by atoms with E-state index in [1.54, 1.807) is 31.2 Å². The fourth-order valence-corrected chi connectivity index (χ4v) is 3.10. The maximum absolute atomic E-state index is 12.8. The van der Waals surface area contributed by atoms with Gasteiger partial charge in [-0.15, -0.1) is 0 Å². The summed E-state index contributed by atoms with van der Waals surface area (Å²) in [6.07, 6.45) is 0.860. The van der Waals surface area contributed by atoms with Crippen molar-refractivity contribution in [3.05, 3.63) is 65.7 Å². The molecule has 162 valence electrons. The highest BCUT2D eigenvalue weighted by Gasteiger charge is 2.29. The van der Waals surface area contributed by atoms with E-state index in [0.717, 1.165) is 11.1 Å². The quantitative estimate of drug-likeness (QED) is 0.548. The molecule has 6 nitrogen and oxygen atoms in total. The number of benzene rings is 2. The van der Waals surface area contributed by atoms with Crippen LogP contribution in [0.1, 0.15) is 38.3 Å². The molecule has 0 fully saturated rings. The SMILES string of the molecule is CCOC(=O)C(Cc1ccc(O)cc1)N[C@@H](CC(C)C)C(=O)OCc1ccccc1. The average molecular weight is 414 g/mol. The Balaban J connectivity index is 2.11. The van der Waals surface area contributed by atoms with E-state index < -0.39 is 24.0 Å². The van der Waals surface area contributed by atoms with Gasteiger partial charge in [-0.05, 0) is 48.9 Å². The lowest BCUT2D eigenvalue weighted by molar-refractivity contribution is -0.150. The molecule has 0 heterocycles. The number of carbonyl (C=O) groups excluding carboxylic acids is 2. The van der Waals surface area contributed by atoms with Crippen LogP contribution in [-0.4, -0.2) is 35.7 Å². The smallest absolute Gasteiger partial charge is 0.323 e. The van der Waals surface area contributed by atoms with E-state index >= 15 is 0 Å². The number of aromatic hydroxyl groups is 1. The zero-order chi connectivity index (χ0) is 21.9. The van der Waals surface area contributed by atoms with E-state index in [1.165, 1.54) is 0 Å². The Hall–Kier alpha value is -2.86. The highest BCUT2D eigenvalue weighted by atomic mass is 16.5. The van der Waals surface area contributed by atoms with Crippen LogP contribution in [0.3, 0.4) is 0 Å². The van der Waals surface area contributed by atoms with Gasteiger partial charge in [0.25, 0.3) is 0 Å². The number of hydrogen-bond acceptors (Lipinski definition) is 6. The molecule has 2 atom stereocenters. The molecule has 0 aromatic heterocycles. The number of ether oxygens (including phenoxy) is 2. The van der Waals surface area contributed by atoms with Crippen LogP contribution < -0.4 is 5.32 Å². The van der Waals surface area contributed by atoms with Crippen molar-refractivity contribution >= 4 is 11.9 Å². The van der Waals surface area contributed by atoms with Gasteiger partial charge in [-0.25, -0.2) is 0 Å². The molecule has 0 amide bonds. The summed E-state index contributed by atoms with van der Waals surface area (Å²) in [5, 5.41) is 12.6. The van der Waals surface area contributed by atoms with Gasteiger partial charge in [0.1, 0.15) is 24.4 Å². The van der Waals surface area contributed by atoms with Crippen LogP contribution in [0.15, 0.2) is 54.6 Å². The first-order valence-corrected chi connectivity index (χ1v) is 10.3. The zero-order valence-electron chi connectivity index (χ0n) is 17.8. The van der Waals surface area contributed by atoms with E-state index in [2.05, 4.69) is 5.32 Å². The first kappa shape index (κ1) is 23.4. The van der Waals surface area contributed by atoms with Gasteiger partial charge in [0.05, 0.1) is 6.61 Å². The molecule has 0 aliphatic heterocycles. The van der Waals surface area contributed by atoms with Gasteiger partial charge in [0.15, 0.2) is 0 Å². The average Bonchev–Trinajstić information content (AvgIpc) is 2.73. The molecule has 6 heteroatoms. The monoisotopic (exact) mass is 413 g/mol. The van der Waals surface area contributed by atoms with Crippen LogP contribution in [0.2, 0.25) is 0 Å². The van der Waals surface area contributed by atoms with Crippen LogP contribution in [0.5, 0.6) is 5.75 Å². The molecule has 0 saturated carbocycles. The molecular formula is C24H31NO5. The maximum atomic E-state index is 12.8. The first-order valence-electron chi connectivity index (χ1n) is 10.3. The van der Waals surface area contributed by atoms with E-state index in [9.17, 15) is 14.7 Å². The van der Waals surface area contributed by atoms with E-state index in [4.69, 9.17) is 9.47 Å². The summed E-state index contributed by atoms with van der Waals surface area (Å²) < 4.78 is 10.7. The third-order valence-electron chi connectivity index (χ3n) is 4.57. The second-order valence-corrected chi connectivity index (χ2v) is 7.62. The van der Waals surface area contributed by atoms with Crippen molar-refractivity contribution in [3.8, 4) is 5.75 Å². The number of phenols is 1. The van der Waals surface area contributed by atoms with Crippen molar-refractivity contribution in [2.75, 3.05) is 6.61 Å². The molecule has 2 rings (SSSR count). The van der Waals surface area contributed by atoms with Gasteiger partial charge in [-0.1, -0.05) is 56.3 Å². The molecule has 30 heavy (non-hydrogen) atoms. The Labute approximate surface area is 178 Å². The molecule has 0 aliphatic carbocycles. The molecule has 2 aromatic carbocycles. The Morgan fingerprint density at radius 3 is 2.13 bits per heavy atom. The second kappa shape index (κ2) is 12.0. The standard InChI is InChI=1S/C24H31NO5/c1-4-29-23(27)22(15-18-10-12-20(26)13-11-18)25-21(14-17(2)3)24(28)30-16-19-8-6-5-7-9-19/h5-13,17,21-22,25-26H,4,14-16H2,1-3H3/t21-,22?/m0/s1. The number of carbonyl (C=O) groups is 2. The number of esters is 2. The minimum atomic E-state index is -0.706.